The lowest BCUT2D eigenvalue weighted by Crippen LogP contribution is -2.11. The van der Waals surface area contributed by atoms with E-state index in [-0.39, 0.29) is 5.92 Å². The quantitative estimate of drug-likeness (QED) is 0.791. The van der Waals surface area contributed by atoms with Gasteiger partial charge in [-0.1, -0.05) is 24.3 Å². The molecule has 82 valence electrons. The van der Waals surface area contributed by atoms with Gasteiger partial charge >= 0.3 is 5.76 Å². The molecule has 0 aliphatic heterocycles. The summed E-state index contributed by atoms with van der Waals surface area (Å²) in [6.45, 7) is 0. The van der Waals surface area contributed by atoms with Crippen molar-refractivity contribution in [1.82, 2.24) is 10.2 Å². The van der Waals surface area contributed by atoms with E-state index in [1.807, 2.05) is 12.1 Å². The molecule has 1 N–H and O–H groups in total. The summed E-state index contributed by atoms with van der Waals surface area (Å²) in [5.41, 5.74) is 2.58. The Morgan fingerprint density at radius 1 is 1.38 bits per heavy atom. The Labute approximate surface area is 92.3 Å². The monoisotopic (exact) mass is 216 g/mol. The number of H-pyrrole nitrogens is 1. The summed E-state index contributed by atoms with van der Waals surface area (Å²) in [7, 11) is 0. The van der Waals surface area contributed by atoms with E-state index in [1.165, 1.54) is 11.1 Å². The highest BCUT2D eigenvalue weighted by molar-refractivity contribution is 5.35. The second-order valence-electron chi connectivity index (χ2n) is 4.09. The Morgan fingerprint density at radius 2 is 2.25 bits per heavy atom. The van der Waals surface area contributed by atoms with E-state index in [0.717, 1.165) is 19.3 Å². The van der Waals surface area contributed by atoms with Crippen molar-refractivity contribution in [3.8, 4) is 0 Å². The summed E-state index contributed by atoms with van der Waals surface area (Å²) in [6, 6.07) is 8.28. The molecule has 3 rings (SSSR count). The van der Waals surface area contributed by atoms with E-state index in [0.29, 0.717) is 5.89 Å². The number of hydrogen-bond donors (Lipinski definition) is 1. The molecule has 1 heterocycles. The minimum atomic E-state index is -0.474. The number of rotatable bonds is 1. The SMILES string of the molecule is O=c1[nH]nc(C2CCCc3ccccc32)o1. The third-order valence-electron chi connectivity index (χ3n) is 3.12. The first-order chi connectivity index (χ1) is 7.84. The standard InChI is InChI=1S/C12H12N2O2/c15-12-14-13-11(16-12)10-7-3-5-8-4-1-2-6-9(8)10/h1-2,4,6,10H,3,5,7H2,(H,14,15). The molecule has 0 radical (unpaired) electrons. The molecule has 4 nitrogen and oxygen atoms in total. The van der Waals surface area contributed by atoms with Gasteiger partial charge in [-0.2, -0.15) is 0 Å². The van der Waals surface area contributed by atoms with Crippen molar-refractivity contribution in [2.24, 2.45) is 0 Å². The molecule has 0 saturated heterocycles. The van der Waals surface area contributed by atoms with Gasteiger partial charge in [0.05, 0.1) is 5.92 Å². The van der Waals surface area contributed by atoms with Gasteiger partial charge in [-0.05, 0) is 30.4 Å². The molecule has 1 aromatic carbocycles. The fourth-order valence-electron chi connectivity index (χ4n) is 2.40. The second-order valence-corrected chi connectivity index (χ2v) is 4.09. The van der Waals surface area contributed by atoms with Crippen molar-refractivity contribution >= 4 is 0 Å². The predicted molar refractivity (Wildman–Crippen MR) is 58.3 cm³/mol. The fourth-order valence-corrected chi connectivity index (χ4v) is 2.40. The van der Waals surface area contributed by atoms with Gasteiger partial charge < -0.3 is 4.42 Å². The van der Waals surface area contributed by atoms with Crippen LogP contribution in [0.3, 0.4) is 0 Å². The van der Waals surface area contributed by atoms with Crippen LogP contribution in [-0.2, 0) is 6.42 Å². The molecule has 0 saturated carbocycles. The van der Waals surface area contributed by atoms with Crippen LogP contribution in [0, 0.1) is 0 Å². The normalized spacial score (nSPS) is 19.4. The molecule has 0 bridgehead atoms. The van der Waals surface area contributed by atoms with Gasteiger partial charge in [-0.3, -0.25) is 0 Å². The lowest BCUT2D eigenvalue weighted by molar-refractivity contribution is 0.421. The first kappa shape index (κ1) is 9.39. The zero-order chi connectivity index (χ0) is 11.0. The highest BCUT2D eigenvalue weighted by atomic mass is 16.4. The third-order valence-corrected chi connectivity index (χ3v) is 3.12. The van der Waals surface area contributed by atoms with E-state index in [1.54, 1.807) is 0 Å². The van der Waals surface area contributed by atoms with Crippen molar-refractivity contribution in [3.63, 3.8) is 0 Å². The summed E-state index contributed by atoms with van der Waals surface area (Å²) in [5.74, 6) is 0.166. The Bertz CT molecular complexity index is 556. The number of aromatic amines is 1. The van der Waals surface area contributed by atoms with Crippen LogP contribution < -0.4 is 5.76 Å². The first-order valence-electron chi connectivity index (χ1n) is 5.48. The number of aryl methyl sites for hydroxylation is 1. The zero-order valence-electron chi connectivity index (χ0n) is 8.77. The maximum Gasteiger partial charge on any atom is 0.434 e. The average Bonchev–Trinajstić information content (AvgIpc) is 2.75. The lowest BCUT2D eigenvalue weighted by atomic mass is 9.83. The average molecular weight is 216 g/mol. The van der Waals surface area contributed by atoms with E-state index < -0.39 is 5.76 Å². The van der Waals surface area contributed by atoms with Crippen LogP contribution in [0.4, 0.5) is 0 Å². The van der Waals surface area contributed by atoms with Gasteiger partial charge in [0.2, 0.25) is 5.89 Å². The molecule has 2 aromatic rings. The molecule has 0 spiro atoms. The van der Waals surface area contributed by atoms with Crippen LogP contribution in [0.5, 0.6) is 0 Å². The van der Waals surface area contributed by atoms with E-state index >= 15 is 0 Å². The molecular formula is C12H12N2O2. The molecule has 1 unspecified atom stereocenters. The van der Waals surface area contributed by atoms with Crippen LogP contribution in [0.25, 0.3) is 0 Å². The Hall–Kier alpha value is -1.84. The zero-order valence-corrected chi connectivity index (χ0v) is 8.77. The molecule has 1 aromatic heterocycles. The fraction of sp³-hybridized carbons (Fsp3) is 0.333. The van der Waals surface area contributed by atoms with Crippen LogP contribution in [0.1, 0.15) is 35.8 Å². The largest absolute Gasteiger partial charge is 0.434 e. The third kappa shape index (κ3) is 1.46. The van der Waals surface area contributed by atoms with Gasteiger partial charge in [0.1, 0.15) is 0 Å². The van der Waals surface area contributed by atoms with Crippen LogP contribution >= 0.6 is 0 Å². The van der Waals surface area contributed by atoms with Crippen LogP contribution in [0.15, 0.2) is 33.5 Å². The number of benzene rings is 1. The van der Waals surface area contributed by atoms with E-state index in [4.69, 9.17) is 4.42 Å². The van der Waals surface area contributed by atoms with Crippen LogP contribution in [-0.4, -0.2) is 10.2 Å². The topological polar surface area (TPSA) is 58.9 Å². The van der Waals surface area contributed by atoms with Gasteiger partial charge in [0, 0.05) is 0 Å². The number of fused-ring (bicyclic) bond motifs is 1. The predicted octanol–water partition coefficient (Wildman–Crippen LogP) is 1.83. The van der Waals surface area contributed by atoms with Gasteiger partial charge in [-0.15, -0.1) is 5.10 Å². The van der Waals surface area contributed by atoms with E-state index in [2.05, 4.69) is 22.3 Å². The maximum absolute atomic E-state index is 11.0. The van der Waals surface area contributed by atoms with Gasteiger partial charge in [0.25, 0.3) is 0 Å². The maximum atomic E-state index is 11.0. The summed E-state index contributed by atoms with van der Waals surface area (Å²) in [6.07, 6.45) is 3.20. The highest BCUT2D eigenvalue weighted by Crippen LogP contribution is 2.34. The molecule has 1 aliphatic carbocycles. The molecule has 0 fully saturated rings. The summed E-state index contributed by atoms with van der Waals surface area (Å²) >= 11 is 0. The Morgan fingerprint density at radius 3 is 3.06 bits per heavy atom. The Kier molecular flexibility index (Phi) is 2.13. The number of aromatic nitrogens is 2. The van der Waals surface area contributed by atoms with Gasteiger partial charge in [-0.25, -0.2) is 9.89 Å². The minimum Gasteiger partial charge on any atom is -0.392 e. The smallest absolute Gasteiger partial charge is 0.392 e. The van der Waals surface area contributed by atoms with Crippen molar-refractivity contribution in [3.05, 3.63) is 51.8 Å². The molecule has 1 atom stereocenters. The molecule has 1 aliphatic rings. The molecule has 16 heavy (non-hydrogen) atoms. The van der Waals surface area contributed by atoms with Crippen molar-refractivity contribution in [2.75, 3.05) is 0 Å². The summed E-state index contributed by atoms with van der Waals surface area (Å²) < 4.78 is 5.06. The second kappa shape index (κ2) is 3.63. The molecule has 4 heteroatoms. The summed E-state index contributed by atoms with van der Waals surface area (Å²) in [4.78, 5) is 11.0. The number of hydrogen-bond acceptors (Lipinski definition) is 3. The minimum absolute atomic E-state index is 0.129. The Balaban J connectivity index is 2.08. The molecular weight excluding hydrogens is 204 g/mol. The van der Waals surface area contributed by atoms with Crippen molar-refractivity contribution in [2.45, 2.75) is 25.2 Å². The summed E-state index contributed by atoms with van der Waals surface area (Å²) in [5, 5.41) is 6.26. The molecule has 0 amide bonds. The highest BCUT2D eigenvalue weighted by Gasteiger charge is 2.25. The number of nitrogens with one attached hydrogen (secondary N) is 1. The van der Waals surface area contributed by atoms with E-state index in [9.17, 15) is 4.79 Å². The first-order valence-corrected chi connectivity index (χ1v) is 5.48. The van der Waals surface area contributed by atoms with Crippen LogP contribution in [0.2, 0.25) is 0 Å². The van der Waals surface area contributed by atoms with Crippen molar-refractivity contribution in [1.29, 1.82) is 0 Å². The lowest BCUT2D eigenvalue weighted by Gasteiger charge is -2.22. The van der Waals surface area contributed by atoms with Crippen molar-refractivity contribution < 1.29 is 4.42 Å². The number of nitrogens with zero attached hydrogens (tertiary/aromatic N) is 1. The van der Waals surface area contributed by atoms with Gasteiger partial charge in [0.15, 0.2) is 0 Å².